The van der Waals surface area contributed by atoms with Crippen molar-refractivity contribution in [3.63, 3.8) is 0 Å². The number of aliphatic hydroxyl groups excluding tert-OH is 1. The minimum absolute atomic E-state index is 0.385. The molecular formula is C18H18O2. The van der Waals surface area contributed by atoms with E-state index in [4.69, 9.17) is 4.74 Å². The molecule has 0 spiro atoms. The lowest BCUT2D eigenvalue weighted by Gasteiger charge is -2.05. The second-order valence-electron chi connectivity index (χ2n) is 4.46. The molecule has 0 saturated carbocycles. The van der Waals surface area contributed by atoms with Crippen molar-refractivity contribution in [1.82, 2.24) is 0 Å². The Hall–Kier alpha value is -2.08. The molecule has 1 unspecified atom stereocenters. The molecule has 0 radical (unpaired) electrons. The molecule has 2 nitrogen and oxygen atoms in total. The van der Waals surface area contributed by atoms with Crippen LogP contribution in [0, 0.1) is 11.8 Å². The van der Waals surface area contributed by atoms with Gasteiger partial charge < -0.3 is 9.84 Å². The van der Waals surface area contributed by atoms with E-state index in [1.54, 1.807) is 0 Å². The molecule has 102 valence electrons. The van der Waals surface area contributed by atoms with Crippen molar-refractivity contribution in [2.75, 3.05) is 6.61 Å². The van der Waals surface area contributed by atoms with Crippen molar-refractivity contribution in [3.8, 4) is 11.8 Å². The van der Waals surface area contributed by atoms with Gasteiger partial charge >= 0.3 is 0 Å². The Kier molecular flexibility index (Phi) is 5.85. The molecule has 0 heterocycles. The number of ether oxygens (including phenoxy) is 1. The molecule has 2 heteroatoms. The zero-order valence-corrected chi connectivity index (χ0v) is 11.3. The number of benzene rings is 2. The van der Waals surface area contributed by atoms with E-state index < -0.39 is 6.10 Å². The summed E-state index contributed by atoms with van der Waals surface area (Å²) in [5, 5.41) is 9.91. The second kappa shape index (κ2) is 8.16. The monoisotopic (exact) mass is 266 g/mol. The Labute approximate surface area is 120 Å². The maximum absolute atomic E-state index is 9.91. The summed E-state index contributed by atoms with van der Waals surface area (Å²) in [6, 6.07) is 19.5. The molecule has 2 aromatic carbocycles. The number of rotatable bonds is 5. The zero-order chi connectivity index (χ0) is 14.0. The van der Waals surface area contributed by atoms with Crippen LogP contribution in [0.2, 0.25) is 0 Å². The Morgan fingerprint density at radius 1 is 0.900 bits per heavy atom. The van der Waals surface area contributed by atoms with Crippen molar-refractivity contribution in [3.05, 3.63) is 71.8 Å². The first-order valence-electron chi connectivity index (χ1n) is 6.66. The highest BCUT2D eigenvalue weighted by Gasteiger charge is 2.03. The third-order valence-electron chi connectivity index (χ3n) is 2.89. The topological polar surface area (TPSA) is 29.5 Å². The summed E-state index contributed by atoms with van der Waals surface area (Å²) >= 11 is 0. The van der Waals surface area contributed by atoms with Crippen molar-refractivity contribution in [2.45, 2.75) is 19.1 Å². The largest absolute Gasteiger partial charge is 0.387 e. The standard InChI is InChI=1S/C18H18O2/c19-18(17-11-5-2-6-12-17)13-7-8-14-20-15-16-9-3-1-4-10-16/h1-6,9-12,18-19H,13-15H2. The average molecular weight is 266 g/mol. The van der Waals surface area contributed by atoms with Gasteiger partial charge in [0.05, 0.1) is 12.7 Å². The van der Waals surface area contributed by atoms with Gasteiger partial charge in [-0.1, -0.05) is 72.5 Å². The van der Waals surface area contributed by atoms with E-state index in [1.165, 1.54) is 0 Å². The number of hydrogen-bond acceptors (Lipinski definition) is 2. The van der Waals surface area contributed by atoms with Crippen LogP contribution in [-0.4, -0.2) is 11.7 Å². The Morgan fingerprint density at radius 3 is 2.25 bits per heavy atom. The molecule has 0 aliphatic rings. The Bertz CT molecular complexity index is 552. The Morgan fingerprint density at radius 2 is 1.55 bits per heavy atom. The maximum atomic E-state index is 9.91. The fourth-order valence-corrected chi connectivity index (χ4v) is 1.81. The van der Waals surface area contributed by atoms with E-state index in [0.717, 1.165) is 11.1 Å². The van der Waals surface area contributed by atoms with Crippen LogP contribution in [0.5, 0.6) is 0 Å². The minimum Gasteiger partial charge on any atom is -0.387 e. The van der Waals surface area contributed by atoms with Gasteiger partial charge in [0.1, 0.15) is 6.61 Å². The molecule has 2 rings (SSSR count). The van der Waals surface area contributed by atoms with E-state index in [1.807, 2.05) is 60.7 Å². The van der Waals surface area contributed by atoms with Gasteiger partial charge in [0, 0.05) is 6.42 Å². The molecule has 0 fully saturated rings. The zero-order valence-electron chi connectivity index (χ0n) is 11.3. The van der Waals surface area contributed by atoms with Gasteiger partial charge in [0.25, 0.3) is 0 Å². The summed E-state index contributed by atoms with van der Waals surface area (Å²) in [4.78, 5) is 0. The van der Waals surface area contributed by atoms with Gasteiger partial charge in [-0.05, 0) is 11.1 Å². The summed E-state index contributed by atoms with van der Waals surface area (Å²) in [5.74, 6) is 5.87. The van der Waals surface area contributed by atoms with Crippen LogP contribution >= 0.6 is 0 Å². The average Bonchev–Trinajstić information content (AvgIpc) is 2.52. The van der Waals surface area contributed by atoms with Crippen molar-refractivity contribution in [1.29, 1.82) is 0 Å². The quantitative estimate of drug-likeness (QED) is 0.664. The lowest BCUT2D eigenvalue weighted by atomic mass is 10.1. The first-order valence-corrected chi connectivity index (χ1v) is 6.66. The molecule has 0 amide bonds. The second-order valence-corrected chi connectivity index (χ2v) is 4.46. The summed E-state index contributed by atoms with van der Waals surface area (Å²) in [6.07, 6.45) is -0.101. The number of aliphatic hydroxyl groups is 1. The van der Waals surface area contributed by atoms with Crippen LogP contribution in [0.3, 0.4) is 0 Å². The van der Waals surface area contributed by atoms with Crippen LogP contribution < -0.4 is 0 Å². The first kappa shape index (κ1) is 14.3. The van der Waals surface area contributed by atoms with Crippen molar-refractivity contribution < 1.29 is 9.84 Å². The molecule has 0 bridgehead atoms. The molecule has 1 atom stereocenters. The molecule has 0 aliphatic carbocycles. The van der Waals surface area contributed by atoms with Gasteiger partial charge in [-0.15, -0.1) is 0 Å². The molecule has 0 saturated heterocycles. The van der Waals surface area contributed by atoms with Crippen LogP contribution in [0.25, 0.3) is 0 Å². The number of hydrogen-bond donors (Lipinski definition) is 1. The molecule has 0 aliphatic heterocycles. The predicted octanol–water partition coefficient (Wildman–Crippen LogP) is 3.33. The summed E-state index contributed by atoms with van der Waals surface area (Å²) in [6.45, 7) is 0.952. The highest BCUT2D eigenvalue weighted by Crippen LogP contribution is 2.14. The molecule has 0 aromatic heterocycles. The van der Waals surface area contributed by atoms with Crippen LogP contribution in [0.4, 0.5) is 0 Å². The van der Waals surface area contributed by atoms with E-state index in [-0.39, 0.29) is 0 Å². The van der Waals surface area contributed by atoms with Crippen molar-refractivity contribution in [2.24, 2.45) is 0 Å². The van der Waals surface area contributed by atoms with E-state index in [9.17, 15) is 5.11 Å². The normalized spacial score (nSPS) is 11.4. The SMILES string of the molecule is OC(CC#CCOCc1ccccc1)c1ccccc1. The molecule has 1 N–H and O–H groups in total. The van der Waals surface area contributed by atoms with Crippen LogP contribution in [0.15, 0.2) is 60.7 Å². The fourth-order valence-electron chi connectivity index (χ4n) is 1.81. The van der Waals surface area contributed by atoms with Gasteiger partial charge in [-0.2, -0.15) is 0 Å². The molecule has 20 heavy (non-hydrogen) atoms. The molecule has 2 aromatic rings. The highest BCUT2D eigenvalue weighted by molar-refractivity contribution is 5.19. The van der Waals surface area contributed by atoms with E-state index in [2.05, 4.69) is 11.8 Å². The minimum atomic E-state index is -0.530. The van der Waals surface area contributed by atoms with Crippen LogP contribution in [0.1, 0.15) is 23.7 Å². The maximum Gasteiger partial charge on any atom is 0.108 e. The lowest BCUT2D eigenvalue weighted by Crippen LogP contribution is -1.96. The van der Waals surface area contributed by atoms with Crippen molar-refractivity contribution >= 4 is 0 Å². The summed E-state index contributed by atoms with van der Waals surface area (Å²) < 4.78 is 5.45. The van der Waals surface area contributed by atoms with Gasteiger partial charge in [-0.3, -0.25) is 0 Å². The molecular weight excluding hydrogens is 248 g/mol. The van der Waals surface area contributed by atoms with Gasteiger partial charge in [0.15, 0.2) is 0 Å². The fraction of sp³-hybridized carbons (Fsp3) is 0.222. The van der Waals surface area contributed by atoms with E-state index >= 15 is 0 Å². The van der Waals surface area contributed by atoms with Crippen LogP contribution in [-0.2, 0) is 11.3 Å². The predicted molar refractivity (Wildman–Crippen MR) is 79.9 cm³/mol. The van der Waals surface area contributed by atoms with Gasteiger partial charge in [-0.25, -0.2) is 0 Å². The summed E-state index contributed by atoms with van der Waals surface area (Å²) in [7, 11) is 0. The van der Waals surface area contributed by atoms with Gasteiger partial charge in [0.2, 0.25) is 0 Å². The third kappa shape index (κ3) is 4.89. The highest BCUT2D eigenvalue weighted by atomic mass is 16.5. The summed E-state index contributed by atoms with van der Waals surface area (Å²) in [5.41, 5.74) is 2.03. The first-order chi connectivity index (χ1) is 9.86. The third-order valence-corrected chi connectivity index (χ3v) is 2.89. The lowest BCUT2D eigenvalue weighted by molar-refractivity contribution is 0.153. The Balaban J connectivity index is 1.68. The smallest absolute Gasteiger partial charge is 0.108 e. The van der Waals surface area contributed by atoms with E-state index in [0.29, 0.717) is 19.6 Å².